The van der Waals surface area contributed by atoms with Gasteiger partial charge in [-0.1, -0.05) is 36.7 Å². The number of benzene rings is 1. The van der Waals surface area contributed by atoms with Crippen molar-refractivity contribution in [2.75, 3.05) is 11.9 Å². The first-order valence-corrected chi connectivity index (χ1v) is 6.95. The SMILES string of the molecule is CCCNc1nc(OCc2ccccc2Cl)c(F)cc1F. The average molecular weight is 313 g/mol. The summed E-state index contributed by atoms with van der Waals surface area (Å²) in [4.78, 5) is 3.83. The van der Waals surface area contributed by atoms with Crippen LogP contribution in [0.2, 0.25) is 5.02 Å². The molecule has 1 aromatic carbocycles. The summed E-state index contributed by atoms with van der Waals surface area (Å²) in [5, 5.41) is 3.30. The van der Waals surface area contributed by atoms with Gasteiger partial charge in [-0.15, -0.1) is 0 Å². The Morgan fingerprint density at radius 2 is 2.00 bits per heavy atom. The minimum atomic E-state index is -0.846. The van der Waals surface area contributed by atoms with Gasteiger partial charge in [0.1, 0.15) is 6.61 Å². The highest BCUT2D eigenvalue weighted by molar-refractivity contribution is 6.31. The molecule has 2 rings (SSSR count). The molecular weight excluding hydrogens is 298 g/mol. The summed E-state index contributed by atoms with van der Waals surface area (Å²) in [6.45, 7) is 2.53. The molecule has 0 atom stereocenters. The van der Waals surface area contributed by atoms with E-state index < -0.39 is 11.6 Å². The number of aromatic nitrogens is 1. The first-order chi connectivity index (χ1) is 10.1. The van der Waals surface area contributed by atoms with Gasteiger partial charge in [-0.3, -0.25) is 0 Å². The lowest BCUT2D eigenvalue weighted by molar-refractivity contribution is 0.276. The third-order valence-corrected chi connectivity index (χ3v) is 3.13. The Bertz CT molecular complexity index is 623. The molecule has 0 amide bonds. The van der Waals surface area contributed by atoms with Crippen LogP contribution in [0.3, 0.4) is 0 Å². The molecule has 0 aliphatic heterocycles. The minimum absolute atomic E-state index is 0.0209. The van der Waals surface area contributed by atoms with E-state index in [0.29, 0.717) is 17.1 Å². The zero-order chi connectivity index (χ0) is 15.2. The lowest BCUT2D eigenvalue weighted by Crippen LogP contribution is -2.08. The van der Waals surface area contributed by atoms with Crippen molar-refractivity contribution in [2.24, 2.45) is 0 Å². The van der Waals surface area contributed by atoms with E-state index in [1.165, 1.54) is 0 Å². The summed E-state index contributed by atoms with van der Waals surface area (Å²) in [6.07, 6.45) is 0.800. The summed E-state index contributed by atoms with van der Waals surface area (Å²) < 4.78 is 32.5. The van der Waals surface area contributed by atoms with E-state index in [0.717, 1.165) is 12.5 Å². The molecule has 0 saturated heterocycles. The van der Waals surface area contributed by atoms with Crippen LogP contribution in [0.4, 0.5) is 14.6 Å². The number of ether oxygens (including phenoxy) is 1. The predicted octanol–water partition coefficient (Wildman–Crippen LogP) is 4.41. The van der Waals surface area contributed by atoms with Crippen molar-refractivity contribution >= 4 is 17.4 Å². The Hall–Kier alpha value is -1.88. The van der Waals surface area contributed by atoms with Gasteiger partial charge in [0.2, 0.25) is 0 Å². The van der Waals surface area contributed by atoms with Crippen LogP contribution in [0, 0.1) is 11.6 Å². The number of anilines is 1. The fourth-order valence-electron chi connectivity index (χ4n) is 1.68. The lowest BCUT2D eigenvalue weighted by Gasteiger charge is -2.11. The van der Waals surface area contributed by atoms with Gasteiger partial charge in [0.15, 0.2) is 17.5 Å². The first kappa shape index (κ1) is 15.5. The van der Waals surface area contributed by atoms with Gasteiger partial charge in [0, 0.05) is 23.2 Å². The zero-order valence-electron chi connectivity index (χ0n) is 11.5. The van der Waals surface area contributed by atoms with Gasteiger partial charge >= 0.3 is 0 Å². The largest absolute Gasteiger partial charge is 0.471 e. The van der Waals surface area contributed by atoms with Gasteiger partial charge < -0.3 is 10.1 Å². The highest BCUT2D eigenvalue weighted by Crippen LogP contribution is 2.23. The Labute approximate surface area is 126 Å². The third kappa shape index (κ3) is 4.04. The van der Waals surface area contributed by atoms with Crippen LogP contribution in [-0.4, -0.2) is 11.5 Å². The van der Waals surface area contributed by atoms with Crippen molar-refractivity contribution in [3.63, 3.8) is 0 Å². The fourth-order valence-corrected chi connectivity index (χ4v) is 1.87. The van der Waals surface area contributed by atoms with Crippen LogP contribution >= 0.6 is 11.6 Å². The number of hydrogen-bond donors (Lipinski definition) is 1. The second-order valence-electron chi connectivity index (χ2n) is 4.41. The van der Waals surface area contributed by atoms with Crippen molar-refractivity contribution in [2.45, 2.75) is 20.0 Å². The maximum Gasteiger partial charge on any atom is 0.252 e. The highest BCUT2D eigenvalue weighted by Gasteiger charge is 2.13. The lowest BCUT2D eigenvalue weighted by atomic mass is 10.2. The Balaban J connectivity index is 2.14. The van der Waals surface area contributed by atoms with E-state index in [1.54, 1.807) is 24.3 Å². The molecule has 112 valence electrons. The average Bonchev–Trinajstić information content (AvgIpc) is 2.47. The first-order valence-electron chi connectivity index (χ1n) is 6.58. The molecular formula is C15H15ClF2N2O. The summed E-state index contributed by atoms with van der Waals surface area (Å²) in [7, 11) is 0. The fraction of sp³-hybridized carbons (Fsp3) is 0.267. The third-order valence-electron chi connectivity index (χ3n) is 2.76. The van der Waals surface area contributed by atoms with Gasteiger partial charge in [0.25, 0.3) is 5.88 Å². The van der Waals surface area contributed by atoms with Gasteiger partial charge in [0.05, 0.1) is 0 Å². The number of halogens is 3. The van der Waals surface area contributed by atoms with E-state index >= 15 is 0 Å². The Kier molecular flexibility index (Phi) is 5.33. The van der Waals surface area contributed by atoms with Crippen LogP contribution in [0.5, 0.6) is 5.88 Å². The van der Waals surface area contributed by atoms with E-state index in [4.69, 9.17) is 16.3 Å². The van der Waals surface area contributed by atoms with Gasteiger partial charge in [-0.2, -0.15) is 4.98 Å². The van der Waals surface area contributed by atoms with E-state index in [2.05, 4.69) is 10.3 Å². The summed E-state index contributed by atoms with van der Waals surface area (Å²) in [5.74, 6) is -1.87. The minimum Gasteiger partial charge on any atom is -0.471 e. The van der Waals surface area contributed by atoms with Crippen molar-refractivity contribution in [3.8, 4) is 5.88 Å². The quantitative estimate of drug-likeness (QED) is 0.857. The molecule has 0 radical (unpaired) electrons. The monoisotopic (exact) mass is 312 g/mol. The normalized spacial score (nSPS) is 10.5. The topological polar surface area (TPSA) is 34.2 Å². The Morgan fingerprint density at radius 1 is 1.24 bits per heavy atom. The Morgan fingerprint density at radius 3 is 2.71 bits per heavy atom. The molecule has 6 heteroatoms. The molecule has 0 fully saturated rings. The zero-order valence-corrected chi connectivity index (χ0v) is 12.3. The summed E-state index contributed by atoms with van der Waals surface area (Å²) >= 11 is 5.99. The molecule has 1 N–H and O–H groups in total. The predicted molar refractivity (Wildman–Crippen MR) is 78.7 cm³/mol. The highest BCUT2D eigenvalue weighted by atomic mass is 35.5. The molecule has 2 aromatic rings. The van der Waals surface area contributed by atoms with Crippen molar-refractivity contribution in [1.82, 2.24) is 4.98 Å². The van der Waals surface area contributed by atoms with Gasteiger partial charge in [-0.25, -0.2) is 8.78 Å². The second kappa shape index (κ2) is 7.22. The van der Waals surface area contributed by atoms with Crippen LogP contribution in [0.1, 0.15) is 18.9 Å². The number of nitrogens with one attached hydrogen (secondary N) is 1. The summed E-state index contributed by atoms with van der Waals surface area (Å²) in [5.41, 5.74) is 0.702. The molecule has 21 heavy (non-hydrogen) atoms. The standard InChI is InChI=1S/C15H15ClF2N2O/c1-2-7-19-14-12(17)8-13(18)15(20-14)21-9-10-5-3-4-6-11(10)16/h3-6,8H,2,7,9H2,1H3,(H,19,20). The molecule has 0 spiro atoms. The van der Waals surface area contributed by atoms with Crippen molar-refractivity contribution in [3.05, 3.63) is 52.6 Å². The van der Waals surface area contributed by atoms with Crippen molar-refractivity contribution < 1.29 is 13.5 Å². The molecule has 0 bridgehead atoms. The van der Waals surface area contributed by atoms with Gasteiger partial charge in [-0.05, 0) is 12.5 Å². The maximum absolute atomic E-state index is 13.7. The molecule has 0 aliphatic rings. The molecule has 0 aliphatic carbocycles. The maximum atomic E-state index is 13.7. The molecule has 1 aromatic heterocycles. The number of pyridine rings is 1. The van der Waals surface area contributed by atoms with E-state index in [1.807, 2.05) is 6.92 Å². The van der Waals surface area contributed by atoms with Crippen LogP contribution in [0.25, 0.3) is 0 Å². The number of rotatable bonds is 6. The number of hydrogen-bond acceptors (Lipinski definition) is 3. The summed E-state index contributed by atoms with van der Waals surface area (Å²) in [6, 6.07) is 7.82. The van der Waals surface area contributed by atoms with E-state index in [-0.39, 0.29) is 18.3 Å². The molecule has 0 saturated carbocycles. The molecule has 0 unspecified atom stereocenters. The molecule has 3 nitrogen and oxygen atoms in total. The number of nitrogens with zero attached hydrogens (tertiary/aromatic N) is 1. The van der Waals surface area contributed by atoms with Crippen LogP contribution < -0.4 is 10.1 Å². The second-order valence-corrected chi connectivity index (χ2v) is 4.82. The van der Waals surface area contributed by atoms with Crippen LogP contribution in [0.15, 0.2) is 30.3 Å². The van der Waals surface area contributed by atoms with E-state index in [9.17, 15) is 8.78 Å². The van der Waals surface area contributed by atoms with Crippen molar-refractivity contribution in [1.29, 1.82) is 0 Å². The smallest absolute Gasteiger partial charge is 0.252 e. The molecule has 1 heterocycles. The van der Waals surface area contributed by atoms with Crippen LogP contribution in [-0.2, 0) is 6.61 Å².